The summed E-state index contributed by atoms with van der Waals surface area (Å²) in [5.41, 5.74) is 1.06. The first kappa shape index (κ1) is 14.5. The lowest BCUT2D eigenvalue weighted by Crippen LogP contribution is -2.36. The van der Waals surface area contributed by atoms with E-state index in [1.807, 2.05) is 18.2 Å². The first-order valence-electron chi connectivity index (χ1n) is 7.24. The Bertz CT molecular complexity index is 616. The topological polar surface area (TPSA) is 72.4 Å². The van der Waals surface area contributed by atoms with Crippen LogP contribution < -0.4 is 15.0 Å². The van der Waals surface area contributed by atoms with Gasteiger partial charge in [-0.2, -0.15) is 4.98 Å². The highest BCUT2D eigenvalue weighted by atomic mass is 16.5. The van der Waals surface area contributed by atoms with Crippen molar-refractivity contribution in [3.05, 3.63) is 36.2 Å². The third-order valence-corrected chi connectivity index (χ3v) is 3.43. The molecule has 0 aliphatic carbocycles. The molecule has 0 aromatic carbocycles. The van der Waals surface area contributed by atoms with Gasteiger partial charge in [-0.1, -0.05) is 0 Å². The Hall–Kier alpha value is -2.41. The molecule has 1 N–H and O–H groups in total. The van der Waals surface area contributed by atoms with E-state index in [0.29, 0.717) is 18.4 Å². The van der Waals surface area contributed by atoms with Crippen molar-refractivity contribution < 1.29 is 9.47 Å². The molecule has 0 bridgehead atoms. The first-order chi connectivity index (χ1) is 10.8. The van der Waals surface area contributed by atoms with Gasteiger partial charge in [0.25, 0.3) is 0 Å². The van der Waals surface area contributed by atoms with Gasteiger partial charge in [-0.25, -0.2) is 9.97 Å². The van der Waals surface area contributed by atoms with Crippen LogP contribution in [0.1, 0.15) is 5.56 Å². The second kappa shape index (κ2) is 7.04. The van der Waals surface area contributed by atoms with E-state index in [4.69, 9.17) is 9.47 Å². The maximum Gasteiger partial charge on any atom is 0.224 e. The Morgan fingerprint density at radius 3 is 2.86 bits per heavy atom. The van der Waals surface area contributed by atoms with Crippen LogP contribution in [0.4, 0.5) is 11.8 Å². The minimum atomic E-state index is 0.599. The summed E-state index contributed by atoms with van der Waals surface area (Å²) < 4.78 is 10.5. The van der Waals surface area contributed by atoms with Crippen molar-refractivity contribution in [2.45, 2.75) is 6.54 Å². The van der Waals surface area contributed by atoms with Crippen LogP contribution in [0.25, 0.3) is 0 Å². The molecule has 7 nitrogen and oxygen atoms in total. The molecule has 0 spiro atoms. The average Bonchev–Trinajstić information content (AvgIpc) is 2.61. The molecule has 0 radical (unpaired) electrons. The molecule has 7 heteroatoms. The van der Waals surface area contributed by atoms with Crippen LogP contribution in [0.2, 0.25) is 0 Å². The second-order valence-corrected chi connectivity index (χ2v) is 4.90. The van der Waals surface area contributed by atoms with Crippen LogP contribution in [0, 0.1) is 0 Å². The zero-order valence-electron chi connectivity index (χ0n) is 12.5. The zero-order valence-corrected chi connectivity index (χ0v) is 12.5. The Morgan fingerprint density at radius 2 is 2.05 bits per heavy atom. The smallest absolute Gasteiger partial charge is 0.224 e. The molecule has 1 saturated heterocycles. The van der Waals surface area contributed by atoms with Gasteiger partial charge in [-0.05, 0) is 17.7 Å². The molecule has 1 aliphatic rings. The lowest BCUT2D eigenvalue weighted by molar-refractivity contribution is 0.122. The van der Waals surface area contributed by atoms with Crippen LogP contribution in [-0.4, -0.2) is 48.4 Å². The van der Waals surface area contributed by atoms with E-state index < -0.39 is 0 Å². The monoisotopic (exact) mass is 301 g/mol. The van der Waals surface area contributed by atoms with Crippen molar-refractivity contribution in [3.63, 3.8) is 0 Å². The molecule has 1 fully saturated rings. The standard InChI is InChI=1S/C15H19N5O2/c1-21-14-10-12(2-4-16-14)11-18-15-17-5-3-13(19-15)20-6-8-22-9-7-20/h2-5,10H,6-9,11H2,1H3,(H,17,18,19). The fourth-order valence-corrected chi connectivity index (χ4v) is 2.26. The molecule has 2 aromatic heterocycles. The molecular weight excluding hydrogens is 282 g/mol. The van der Waals surface area contributed by atoms with Gasteiger partial charge in [0.1, 0.15) is 5.82 Å². The molecule has 3 rings (SSSR count). The van der Waals surface area contributed by atoms with E-state index in [-0.39, 0.29) is 0 Å². The van der Waals surface area contributed by atoms with Gasteiger partial charge >= 0.3 is 0 Å². The number of pyridine rings is 1. The van der Waals surface area contributed by atoms with E-state index in [1.165, 1.54) is 0 Å². The van der Waals surface area contributed by atoms with Crippen LogP contribution in [0.15, 0.2) is 30.6 Å². The summed E-state index contributed by atoms with van der Waals surface area (Å²) in [5.74, 6) is 2.13. The lowest BCUT2D eigenvalue weighted by atomic mass is 10.2. The molecule has 0 unspecified atom stereocenters. The number of nitrogens with zero attached hydrogens (tertiary/aromatic N) is 4. The molecular formula is C15H19N5O2. The normalized spacial score (nSPS) is 14.7. The number of rotatable bonds is 5. The third kappa shape index (κ3) is 3.62. The van der Waals surface area contributed by atoms with Crippen LogP contribution >= 0.6 is 0 Å². The van der Waals surface area contributed by atoms with Crippen molar-refractivity contribution in [1.29, 1.82) is 0 Å². The molecule has 0 amide bonds. The highest BCUT2D eigenvalue weighted by Gasteiger charge is 2.12. The van der Waals surface area contributed by atoms with Crippen LogP contribution in [0.3, 0.4) is 0 Å². The molecule has 116 valence electrons. The summed E-state index contributed by atoms with van der Waals surface area (Å²) >= 11 is 0. The summed E-state index contributed by atoms with van der Waals surface area (Å²) in [6, 6.07) is 5.74. The second-order valence-electron chi connectivity index (χ2n) is 4.90. The predicted molar refractivity (Wildman–Crippen MR) is 83.2 cm³/mol. The summed E-state index contributed by atoms with van der Waals surface area (Å²) in [6.07, 6.45) is 3.49. The number of morpholine rings is 1. The van der Waals surface area contributed by atoms with E-state index in [2.05, 4.69) is 25.2 Å². The Balaban J connectivity index is 1.64. The van der Waals surface area contributed by atoms with E-state index in [9.17, 15) is 0 Å². The number of hydrogen-bond donors (Lipinski definition) is 1. The van der Waals surface area contributed by atoms with Gasteiger partial charge in [0.15, 0.2) is 0 Å². The van der Waals surface area contributed by atoms with E-state index in [0.717, 1.165) is 37.7 Å². The average molecular weight is 301 g/mol. The van der Waals surface area contributed by atoms with E-state index in [1.54, 1.807) is 19.5 Å². The minimum Gasteiger partial charge on any atom is -0.481 e. The maximum atomic E-state index is 5.36. The summed E-state index contributed by atoms with van der Waals surface area (Å²) in [4.78, 5) is 15.1. The third-order valence-electron chi connectivity index (χ3n) is 3.43. The predicted octanol–water partition coefficient (Wildman–Crippen LogP) is 1.33. The number of aromatic nitrogens is 3. The molecule has 3 heterocycles. The van der Waals surface area contributed by atoms with Crippen LogP contribution in [0.5, 0.6) is 5.88 Å². The molecule has 0 saturated carbocycles. The highest BCUT2D eigenvalue weighted by Crippen LogP contribution is 2.15. The highest BCUT2D eigenvalue weighted by molar-refractivity contribution is 5.43. The van der Waals surface area contributed by atoms with Gasteiger partial charge in [0.2, 0.25) is 11.8 Å². The number of methoxy groups -OCH3 is 1. The zero-order chi connectivity index (χ0) is 15.2. The quantitative estimate of drug-likeness (QED) is 0.893. The fourth-order valence-electron chi connectivity index (χ4n) is 2.26. The Labute approximate surface area is 129 Å². The van der Waals surface area contributed by atoms with Gasteiger partial charge < -0.3 is 19.7 Å². The number of anilines is 2. The van der Waals surface area contributed by atoms with Gasteiger partial charge in [0.05, 0.1) is 20.3 Å². The van der Waals surface area contributed by atoms with Crippen molar-refractivity contribution in [3.8, 4) is 5.88 Å². The summed E-state index contributed by atoms with van der Waals surface area (Å²) in [6.45, 7) is 3.81. The van der Waals surface area contributed by atoms with Crippen molar-refractivity contribution >= 4 is 11.8 Å². The number of ether oxygens (including phenoxy) is 2. The van der Waals surface area contributed by atoms with Crippen molar-refractivity contribution in [2.24, 2.45) is 0 Å². The van der Waals surface area contributed by atoms with Crippen molar-refractivity contribution in [2.75, 3.05) is 43.6 Å². The van der Waals surface area contributed by atoms with Gasteiger partial charge in [-0.15, -0.1) is 0 Å². The van der Waals surface area contributed by atoms with Gasteiger partial charge in [0, 0.05) is 38.1 Å². The molecule has 1 aliphatic heterocycles. The van der Waals surface area contributed by atoms with E-state index >= 15 is 0 Å². The first-order valence-corrected chi connectivity index (χ1v) is 7.24. The van der Waals surface area contributed by atoms with Crippen molar-refractivity contribution in [1.82, 2.24) is 15.0 Å². The molecule has 2 aromatic rings. The summed E-state index contributed by atoms with van der Waals surface area (Å²) in [7, 11) is 1.61. The Kier molecular flexibility index (Phi) is 4.65. The lowest BCUT2D eigenvalue weighted by Gasteiger charge is -2.27. The summed E-state index contributed by atoms with van der Waals surface area (Å²) in [5, 5.41) is 3.23. The maximum absolute atomic E-state index is 5.36. The molecule has 22 heavy (non-hydrogen) atoms. The van der Waals surface area contributed by atoms with Gasteiger partial charge in [-0.3, -0.25) is 0 Å². The fraction of sp³-hybridized carbons (Fsp3) is 0.400. The largest absolute Gasteiger partial charge is 0.481 e. The SMILES string of the molecule is COc1cc(CNc2nccc(N3CCOCC3)n2)ccn1. The number of hydrogen-bond acceptors (Lipinski definition) is 7. The minimum absolute atomic E-state index is 0.599. The Morgan fingerprint density at radius 1 is 1.23 bits per heavy atom. The number of nitrogens with one attached hydrogen (secondary N) is 1. The van der Waals surface area contributed by atoms with Crippen LogP contribution in [-0.2, 0) is 11.3 Å². The molecule has 0 atom stereocenters.